The number of rotatable bonds is 13. The highest BCUT2D eigenvalue weighted by Crippen LogP contribution is 2.45. The van der Waals surface area contributed by atoms with Gasteiger partial charge in [0.1, 0.15) is 11.5 Å². The van der Waals surface area contributed by atoms with Gasteiger partial charge in [0.25, 0.3) is 0 Å². The molecule has 0 spiro atoms. The van der Waals surface area contributed by atoms with Crippen molar-refractivity contribution in [1.29, 1.82) is 0 Å². The molecule has 0 aromatic heterocycles. The van der Waals surface area contributed by atoms with E-state index < -0.39 is 11.2 Å². The smallest absolute Gasteiger partial charge is 0.119 e. The Labute approximate surface area is 319 Å². The van der Waals surface area contributed by atoms with Crippen molar-refractivity contribution < 1.29 is 19.7 Å². The third kappa shape index (κ3) is 11.4. The molecule has 6 unspecified atom stereocenters. The molecular formula is C47H64N2O4. The molecule has 4 aromatic rings. The molecule has 0 heterocycles. The monoisotopic (exact) mass is 720 g/mol. The molecule has 0 radical (unpaired) electrons. The molecule has 0 saturated heterocycles. The topological polar surface area (TPSA) is 65.4 Å². The predicted octanol–water partition coefficient (Wildman–Crippen LogP) is 8.29. The Morgan fingerprint density at radius 2 is 1.06 bits per heavy atom. The van der Waals surface area contributed by atoms with Gasteiger partial charge < -0.3 is 29.5 Å². The van der Waals surface area contributed by atoms with Gasteiger partial charge in [-0.3, -0.25) is 0 Å². The number of aliphatic hydroxyl groups is 2. The maximum absolute atomic E-state index is 11.6. The summed E-state index contributed by atoms with van der Waals surface area (Å²) in [6.07, 6.45) is 8.78. The molecule has 0 aliphatic heterocycles. The maximum atomic E-state index is 11.6. The minimum Gasteiger partial charge on any atom is -0.497 e. The lowest BCUT2D eigenvalue weighted by Crippen LogP contribution is -2.49. The van der Waals surface area contributed by atoms with Gasteiger partial charge in [0.05, 0.1) is 25.4 Å². The second-order valence-corrected chi connectivity index (χ2v) is 16.4. The van der Waals surface area contributed by atoms with E-state index in [0.29, 0.717) is 11.8 Å². The number of benzene rings is 4. The molecule has 2 N–H and O–H groups in total. The molecule has 286 valence electrons. The molecule has 0 bridgehead atoms. The standard InChI is InChI=1S/C24H33NO2.C23H31NO2/c1-25(2)18-22-15-21(14-20-10-7-11-23(16-20)27-3)12-13-24(22,26)17-19-8-5-4-6-9-19;1-24(2)17-21-15-19(14-18-8-7-11-22(16-18)26-3)12-13-23(21,25)20-9-5-4-6-10-20/h4-11,16,21-22,26H,12-15,17-18H2,1-3H3;4-11,16,19,21,25H,12-15,17H2,1-3H3. The molecule has 6 rings (SSSR count). The van der Waals surface area contributed by atoms with Crippen LogP contribution in [0.1, 0.15) is 60.8 Å². The average molecular weight is 721 g/mol. The van der Waals surface area contributed by atoms with Crippen LogP contribution in [-0.2, 0) is 24.9 Å². The van der Waals surface area contributed by atoms with E-state index in [4.69, 9.17) is 9.47 Å². The number of ether oxygens (including phenoxy) is 2. The van der Waals surface area contributed by atoms with Gasteiger partial charge in [-0.15, -0.1) is 0 Å². The predicted molar refractivity (Wildman–Crippen MR) is 218 cm³/mol. The van der Waals surface area contributed by atoms with Crippen LogP contribution in [0.15, 0.2) is 109 Å². The van der Waals surface area contributed by atoms with Crippen LogP contribution < -0.4 is 9.47 Å². The molecule has 6 heteroatoms. The Balaban J connectivity index is 0.000000204. The molecule has 6 atom stereocenters. The molecule has 53 heavy (non-hydrogen) atoms. The minimum atomic E-state index is -0.726. The molecule has 0 amide bonds. The summed E-state index contributed by atoms with van der Waals surface area (Å²) in [5, 5.41) is 23.1. The van der Waals surface area contributed by atoms with Crippen molar-refractivity contribution >= 4 is 0 Å². The van der Waals surface area contributed by atoms with Gasteiger partial charge in [0.15, 0.2) is 0 Å². The Hall–Kier alpha value is -3.68. The first-order valence-electron chi connectivity index (χ1n) is 19.6. The molecule has 2 aliphatic rings. The van der Waals surface area contributed by atoms with Gasteiger partial charge in [0, 0.05) is 31.3 Å². The first kappa shape index (κ1) is 40.5. The van der Waals surface area contributed by atoms with Crippen molar-refractivity contribution in [3.63, 3.8) is 0 Å². The van der Waals surface area contributed by atoms with Crippen molar-refractivity contribution in [3.8, 4) is 11.5 Å². The Bertz CT molecular complexity index is 1660. The molecule has 2 fully saturated rings. The quantitative estimate of drug-likeness (QED) is 0.145. The van der Waals surface area contributed by atoms with Crippen LogP contribution in [0.5, 0.6) is 11.5 Å². The normalized spacial score (nSPS) is 25.8. The third-order valence-electron chi connectivity index (χ3n) is 11.7. The second kappa shape index (κ2) is 19.1. The lowest BCUT2D eigenvalue weighted by molar-refractivity contribution is -0.0752. The van der Waals surface area contributed by atoms with Crippen LogP contribution in [0.2, 0.25) is 0 Å². The van der Waals surface area contributed by atoms with Crippen molar-refractivity contribution in [2.24, 2.45) is 23.7 Å². The molecular weight excluding hydrogens is 657 g/mol. The van der Waals surface area contributed by atoms with Crippen molar-refractivity contribution in [2.75, 3.05) is 55.5 Å². The molecule has 2 saturated carbocycles. The first-order valence-corrected chi connectivity index (χ1v) is 19.6. The highest BCUT2D eigenvalue weighted by Gasteiger charge is 2.44. The highest BCUT2D eigenvalue weighted by molar-refractivity contribution is 5.30. The zero-order chi connectivity index (χ0) is 37.8. The van der Waals surface area contributed by atoms with Crippen LogP contribution in [0.3, 0.4) is 0 Å². The fraction of sp³-hybridized carbons (Fsp3) is 0.489. The van der Waals surface area contributed by atoms with Gasteiger partial charge in [-0.2, -0.15) is 0 Å². The summed E-state index contributed by atoms with van der Waals surface area (Å²) in [6.45, 7) is 1.83. The summed E-state index contributed by atoms with van der Waals surface area (Å²) in [7, 11) is 11.8. The minimum absolute atomic E-state index is 0.240. The van der Waals surface area contributed by atoms with Gasteiger partial charge in [-0.05, 0) is 138 Å². The van der Waals surface area contributed by atoms with Crippen molar-refractivity contribution in [3.05, 3.63) is 131 Å². The van der Waals surface area contributed by atoms with E-state index in [1.54, 1.807) is 14.2 Å². The Kier molecular flexibility index (Phi) is 14.6. The van der Waals surface area contributed by atoms with E-state index >= 15 is 0 Å². The van der Waals surface area contributed by atoms with E-state index in [-0.39, 0.29) is 11.8 Å². The first-order chi connectivity index (χ1) is 25.5. The van der Waals surface area contributed by atoms with Gasteiger partial charge in [-0.1, -0.05) is 84.9 Å². The summed E-state index contributed by atoms with van der Waals surface area (Å²) in [5.74, 6) is 3.58. The van der Waals surface area contributed by atoms with E-state index in [2.05, 4.69) is 111 Å². The zero-order valence-electron chi connectivity index (χ0n) is 33.1. The lowest BCUT2D eigenvalue weighted by atomic mass is 9.66. The number of methoxy groups -OCH3 is 2. The van der Waals surface area contributed by atoms with Crippen LogP contribution in [-0.4, -0.2) is 81.1 Å². The second-order valence-electron chi connectivity index (χ2n) is 16.4. The third-order valence-corrected chi connectivity index (χ3v) is 11.7. The maximum Gasteiger partial charge on any atom is 0.119 e. The van der Waals surface area contributed by atoms with Crippen LogP contribution in [0, 0.1) is 23.7 Å². The molecule has 2 aliphatic carbocycles. The summed E-state index contributed by atoms with van der Waals surface area (Å²) in [4.78, 5) is 4.42. The lowest BCUT2D eigenvalue weighted by Gasteiger charge is -2.44. The number of hydrogen-bond acceptors (Lipinski definition) is 6. The van der Waals surface area contributed by atoms with Crippen LogP contribution in [0.4, 0.5) is 0 Å². The Morgan fingerprint density at radius 1 is 0.585 bits per heavy atom. The van der Waals surface area contributed by atoms with Gasteiger partial charge in [0.2, 0.25) is 0 Å². The average Bonchev–Trinajstić information content (AvgIpc) is 3.15. The SMILES string of the molecule is COc1cccc(CC2CCC(O)(Cc3ccccc3)C(CN(C)C)C2)c1.COc1cccc(CC2CCC(O)(c3ccccc3)C(CN(C)C)C2)c1. The zero-order valence-corrected chi connectivity index (χ0v) is 33.1. The van der Waals surface area contributed by atoms with E-state index in [0.717, 1.165) is 87.9 Å². The fourth-order valence-electron chi connectivity index (χ4n) is 9.02. The van der Waals surface area contributed by atoms with Crippen molar-refractivity contribution in [2.45, 2.75) is 69.0 Å². The van der Waals surface area contributed by atoms with Gasteiger partial charge in [-0.25, -0.2) is 0 Å². The molecule has 4 aromatic carbocycles. The summed E-state index contributed by atoms with van der Waals surface area (Å²) in [6, 6.07) is 37.4. The van der Waals surface area contributed by atoms with E-state index in [1.165, 1.54) is 16.7 Å². The van der Waals surface area contributed by atoms with Gasteiger partial charge >= 0.3 is 0 Å². The summed E-state index contributed by atoms with van der Waals surface area (Å²) in [5.41, 5.74) is 3.61. The summed E-state index contributed by atoms with van der Waals surface area (Å²) >= 11 is 0. The fourth-order valence-corrected chi connectivity index (χ4v) is 9.02. The highest BCUT2D eigenvalue weighted by atomic mass is 16.5. The van der Waals surface area contributed by atoms with Crippen LogP contribution >= 0.6 is 0 Å². The van der Waals surface area contributed by atoms with E-state index in [1.807, 2.05) is 36.4 Å². The largest absolute Gasteiger partial charge is 0.497 e. The van der Waals surface area contributed by atoms with Crippen LogP contribution in [0.25, 0.3) is 0 Å². The number of hydrogen-bond donors (Lipinski definition) is 2. The Morgan fingerprint density at radius 3 is 1.58 bits per heavy atom. The molecule has 6 nitrogen and oxygen atoms in total. The van der Waals surface area contributed by atoms with Crippen molar-refractivity contribution in [1.82, 2.24) is 9.80 Å². The van der Waals surface area contributed by atoms with E-state index in [9.17, 15) is 10.2 Å². The summed E-state index contributed by atoms with van der Waals surface area (Å²) < 4.78 is 10.7. The number of nitrogens with zero attached hydrogens (tertiary/aromatic N) is 2.